The van der Waals surface area contributed by atoms with Crippen molar-refractivity contribution < 1.29 is 0 Å². The van der Waals surface area contributed by atoms with Crippen molar-refractivity contribution >= 4 is 28.1 Å². The third-order valence-corrected chi connectivity index (χ3v) is 2.00. The number of guanidine groups is 1. The molecule has 0 aliphatic carbocycles. The summed E-state index contributed by atoms with van der Waals surface area (Å²) in [6.07, 6.45) is 1.57. The molecule has 0 saturated heterocycles. The van der Waals surface area contributed by atoms with Crippen molar-refractivity contribution in [1.82, 2.24) is 0 Å². The molecule has 0 aliphatic rings. The summed E-state index contributed by atoms with van der Waals surface area (Å²) in [6, 6.07) is 7.64. The molecule has 1 rings (SSSR count). The summed E-state index contributed by atoms with van der Waals surface area (Å²) in [4.78, 5) is 0. The lowest BCUT2D eigenvalue weighted by Gasteiger charge is -1.93. The normalized spacial score (nSPS) is 10.2. The largest absolute Gasteiger partial charge is 0.369 e. The molecule has 4 N–H and O–H groups in total. The van der Waals surface area contributed by atoms with Gasteiger partial charge in [0.1, 0.15) is 0 Å². The maximum atomic E-state index is 5.10. The number of halogens is 1. The molecule has 5 heteroatoms. The minimum absolute atomic E-state index is 0.0525. The highest BCUT2D eigenvalue weighted by Gasteiger charge is 1.92. The minimum Gasteiger partial charge on any atom is -0.369 e. The first-order valence-corrected chi connectivity index (χ1v) is 4.36. The summed E-state index contributed by atoms with van der Waals surface area (Å²) in [5.74, 6) is -0.0525. The number of nitrogens with zero attached hydrogens (tertiary/aromatic N) is 2. The van der Waals surface area contributed by atoms with E-state index in [1.165, 1.54) is 0 Å². The molecule has 0 saturated carbocycles. The number of rotatable bonds is 2. The van der Waals surface area contributed by atoms with Crippen LogP contribution in [0.2, 0.25) is 0 Å². The van der Waals surface area contributed by atoms with Gasteiger partial charge in [0.05, 0.1) is 6.21 Å². The van der Waals surface area contributed by atoms with Gasteiger partial charge < -0.3 is 11.5 Å². The van der Waals surface area contributed by atoms with E-state index in [2.05, 4.69) is 26.1 Å². The van der Waals surface area contributed by atoms with Gasteiger partial charge in [-0.2, -0.15) is 5.10 Å². The van der Waals surface area contributed by atoms with E-state index in [4.69, 9.17) is 11.5 Å². The highest BCUT2D eigenvalue weighted by atomic mass is 79.9. The van der Waals surface area contributed by atoms with Crippen LogP contribution in [0.25, 0.3) is 0 Å². The monoisotopic (exact) mass is 240 g/mol. The molecule has 1 aromatic rings. The smallest absolute Gasteiger partial charge is 0.211 e. The molecule has 1 aromatic carbocycles. The van der Waals surface area contributed by atoms with Gasteiger partial charge in [-0.15, -0.1) is 5.10 Å². The molecule has 0 bridgehead atoms. The van der Waals surface area contributed by atoms with Crippen LogP contribution >= 0.6 is 15.9 Å². The van der Waals surface area contributed by atoms with Crippen molar-refractivity contribution in [1.29, 1.82) is 0 Å². The Morgan fingerprint density at radius 3 is 2.62 bits per heavy atom. The van der Waals surface area contributed by atoms with Crippen LogP contribution in [0.15, 0.2) is 38.9 Å². The number of hydrogen-bond acceptors (Lipinski definition) is 2. The van der Waals surface area contributed by atoms with Crippen molar-refractivity contribution in [3.8, 4) is 0 Å². The van der Waals surface area contributed by atoms with Crippen LogP contribution in [0.5, 0.6) is 0 Å². The van der Waals surface area contributed by atoms with Crippen LogP contribution in [0.4, 0.5) is 0 Å². The lowest BCUT2D eigenvalue weighted by atomic mass is 10.2. The number of benzene rings is 1. The zero-order valence-electron chi connectivity index (χ0n) is 6.81. The Kier molecular flexibility index (Phi) is 3.45. The molecule has 0 unspecified atom stereocenters. The molecule has 0 aliphatic heterocycles. The molecule has 68 valence electrons. The molecule has 0 spiro atoms. The van der Waals surface area contributed by atoms with E-state index in [0.29, 0.717) is 0 Å². The van der Waals surface area contributed by atoms with E-state index in [9.17, 15) is 0 Å². The summed E-state index contributed by atoms with van der Waals surface area (Å²) < 4.78 is 0.949. The maximum Gasteiger partial charge on any atom is 0.211 e. The lowest BCUT2D eigenvalue weighted by Crippen LogP contribution is -2.21. The van der Waals surface area contributed by atoms with Crippen LogP contribution in [0, 0.1) is 0 Å². The van der Waals surface area contributed by atoms with Gasteiger partial charge in [-0.05, 0) is 6.07 Å². The molecular formula is C8H9BrN4. The van der Waals surface area contributed by atoms with Gasteiger partial charge in [0, 0.05) is 10.0 Å². The molecule has 0 aromatic heterocycles. The second-order valence-electron chi connectivity index (χ2n) is 2.29. The topological polar surface area (TPSA) is 76.8 Å². The second kappa shape index (κ2) is 4.61. The molecule has 13 heavy (non-hydrogen) atoms. The lowest BCUT2D eigenvalue weighted by molar-refractivity contribution is 1.21. The van der Waals surface area contributed by atoms with Crippen LogP contribution in [0.3, 0.4) is 0 Å². The predicted molar refractivity (Wildman–Crippen MR) is 57.5 cm³/mol. The first-order chi connectivity index (χ1) is 6.20. The van der Waals surface area contributed by atoms with E-state index >= 15 is 0 Å². The first-order valence-electron chi connectivity index (χ1n) is 3.56. The summed E-state index contributed by atoms with van der Waals surface area (Å²) in [5.41, 5.74) is 11.1. The Morgan fingerprint density at radius 2 is 2.00 bits per heavy atom. The van der Waals surface area contributed by atoms with Crippen LogP contribution in [0.1, 0.15) is 5.56 Å². The van der Waals surface area contributed by atoms with E-state index < -0.39 is 0 Å². The van der Waals surface area contributed by atoms with Gasteiger partial charge in [-0.1, -0.05) is 34.1 Å². The van der Waals surface area contributed by atoms with E-state index in [1.807, 2.05) is 24.3 Å². The summed E-state index contributed by atoms with van der Waals surface area (Å²) >= 11 is 3.36. The fourth-order valence-electron chi connectivity index (χ4n) is 0.738. The molecule has 0 atom stereocenters. The van der Waals surface area contributed by atoms with Gasteiger partial charge in [-0.3, -0.25) is 0 Å². The highest BCUT2D eigenvalue weighted by Crippen LogP contribution is 2.13. The van der Waals surface area contributed by atoms with Crippen molar-refractivity contribution in [3.63, 3.8) is 0 Å². The quantitative estimate of drug-likeness (QED) is 0.461. The third-order valence-electron chi connectivity index (χ3n) is 1.28. The zero-order valence-corrected chi connectivity index (χ0v) is 8.40. The summed E-state index contributed by atoms with van der Waals surface area (Å²) in [6.45, 7) is 0. The standard InChI is InChI=1S/C8H9BrN4/c9-7-4-2-1-3-6(7)5-12-13-8(10)11/h1-5H,(H4,10,11,13)/b12-5-. The molecular weight excluding hydrogens is 232 g/mol. The Labute approximate surface area is 84.5 Å². The summed E-state index contributed by atoms with van der Waals surface area (Å²) in [7, 11) is 0. The Bertz CT molecular complexity index is 342. The summed E-state index contributed by atoms with van der Waals surface area (Å²) in [5, 5.41) is 7.17. The first kappa shape index (κ1) is 9.73. The van der Waals surface area contributed by atoms with Crippen LogP contribution < -0.4 is 11.5 Å². The number of nitrogens with two attached hydrogens (primary N) is 2. The average molecular weight is 241 g/mol. The molecule has 0 heterocycles. The average Bonchev–Trinajstić information content (AvgIpc) is 2.08. The van der Waals surface area contributed by atoms with Gasteiger partial charge >= 0.3 is 0 Å². The van der Waals surface area contributed by atoms with Crippen LogP contribution in [-0.4, -0.2) is 12.2 Å². The predicted octanol–water partition coefficient (Wildman–Crippen LogP) is 1.06. The Balaban J connectivity index is 2.80. The fourth-order valence-corrected chi connectivity index (χ4v) is 1.12. The van der Waals surface area contributed by atoms with E-state index in [-0.39, 0.29) is 5.96 Å². The van der Waals surface area contributed by atoms with E-state index in [0.717, 1.165) is 10.0 Å². The Hall–Kier alpha value is -1.36. The van der Waals surface area contributed by atoms with Gasteiger partial charge in [0.2, 0.25) is 5.96 Å². The third kappa shape index (κ3) is 3.25. The van der Waals surface area contributed by atoms with Gasteiger partial charge in [-0.25, -0.2) is 0 Å². The fraction of sp³-hybridized carbons (Fsp3) is 0. The van der Waals surface area contributed by atoms with Crippen molar-refractivity contribution in [2.45, 2.75) is 0 Å². The molecule has 0 radical (unpaired) electrons. The molecule has 4 nitrogen and oxygen atoms in total. The van der Waals surface area contributed by atoms with Crippen LogP contribution in [-0.2, 0) is 0 Å². The van der Waals surface area contributed by atoms with E-state index in [1.54, 1.807) is 6.21 Å². The number of hydrogen-bond donors (Lipinski definition) is 2. The van der Waals surface area contributed by atoms with Gasteiger partial charge in [0.25, 0.3) is 0 Å². The van der Waals surface area contributed by atoms with Crippen molar-refractivity contribution in [3.05, 3.63) is 34.3 Å². The molecule has 0 amide bonds. The molecule has 0 fully saturated rings. The highest BCUT2D eigenvalue weighted by molar-refractivity contribution is 9.10. The Morgan fingerprint density at radius 1 is 1.31 bits per heavy atom. The zero-order chi connectivity index (χ0) is 9.68. The maximum absolute atomic E-state index is 5.10. The second-order valence-corrected chi connectivity index (χ2v) is 3.15. The minimum atomic E-state index is -0.0525. The van der Waals surface area contributed by atoms with Crippen molar-refractivity contribution in [2.75, 3.05) is 0 Å². The SMILES string of the molecule is NC(N)=N/N=C\c1ccccc1Br. The van der Waals surface area contributed by atoms with Gasteiger partial charge in [0.15, 0.2) is 0 Å². The van der Waals surface area contributed by atoms with Crippen molar-refractivity contribution in [2.24, 2.45) is 21.7 Å².